The minimum absolute atomic E-state index is 0.0228. The van der Waals surface area contributed by atoms with E-state index < -0.39 is 28.5 Å². The number of nitrogens with zero attached hydrogens (tertiary/aromatic N) is 2. The van der Waals surface area contributed by atoms with Crippen LogP contribution in [0.4, 0.5) is 8.78 Å². The van der Waals surface area contributed by atoms with E-state index in [1.165, 1.54) is 28.3 Å². The Morgan fingerprint density at radius 3 is 2.62 bits per heavy atom. The monoisotopic (exact) mass is 403 g/mol. The van der Waals surface area contributed by atoms with Crippen LogP contribution in [0, 0.1) is 11.6 Å². The lowest BCUT2D eigenvalue weighted by Crippen LogP contribution is -2.31. The fraction of sp³-hybridized carbons (Fsp3) is 0.250. The number of benzene rings is 1. The van der Waals surface area contributed by atoms with Crippen LogP contribution in [0.2, 0.25) is 0 Å². The SMILES string of the molecule is CCCn1ccn2cc(C(=O)NCc3ccc(F)cc3F)c(=O)c(OC)c2c1=O. The van der Waals surface area contributed by atoms with Gasteiger partial charge in [-0.1, -0.05) is 13.0 Å². The number of carbonyl (C=O) groups excluding carboxylic acids is 1. The largest absolute Gasteiger partial charge is 0.491 e. The maximum atomic E-state index is 13.7. The minimum Gasteiger partial charge on any atom is -0.491 e. The lowest BCUT2D eigenvalue weighted by molar-refractivity contribution is 0.0948. The first-order valence-electron chi connectivity index (χ1n) is 8.92. The van der Waals surface area contributed by atoms with Gasteiger partial charge in [-0.15, -0.1) is 0 Å². The second-order valence-electron chi connectivity index (χ2n) is 6.38. The average Bonchev–Trinajstić information content (AvgIpc) is 2.69. The number of nitrogens with one attached hydrogen (secondary N) is 1. The highest BCUT2D eigenvalue weighted by Crippen LogP contribution is 2.13. The van der Waals surface area contributed by atoms with E-state index in [2.05, 4.69) is 5.32 Å². The molecule has 0 fully saturated rings. The predicted octanol–water partition coefficient (Wildman–Crippen LogP) is 2.09. The first-order chi connectivity index (χ1) is 13.9. The van der Waals surface area contributed by atoms with Gasteiger partial charge in [-0.3, -0.25) is 14.4 Å². The van der Waals surface area contributed by atoms with Crippen LogP contribution in [0.25, 0.3) is 5.52 Å². The molecule has 7 nitrogen and oxygen atoms in total. The third kappa shape index (κ3) is 3.89. The molecule has 9 heteroatoms. The first kappa shape index (κ1) is 20.2. The third-order valence-electron chi connectivity index (χ3n) is 4.43. The number of amides is 1. The molecular formula is C20H19F2N3O4. The van der Waals surface area contributed by atoms with Crippen molar-refractivity contribution < 1.29 is 18.3 Å². The maximum Gasteiger partial charge on any atom is 0.278 e. The van der Waals surface area contributed by atoms with Crippen LogP contribution in [-0.2, 0) is 13.1 Å². The van der Waals surface area contributed by atoms with E-state index in [9.17, 15) is 23.2 Å². The van der Waals surface area contributed by atoms with E-state index in [0.717, 1.165) is 12.5 Å². The zero-order valence-corrected chi connectivity index (χ0v) is 15.9. The van der Waals surface area contributed by atoms with Crippen LogP contribution < -0.4 is 21.0 Å². The number of carbonyl (C=O) groups is 1. The van der Waals surface area contributed by atoms with Gasteiger partial charge < -0.3 is 19.0 Å². The number of ether oxygens (including phenoxy) is 1. The zero-order chi connectivity index (χ0) is 21.1. The van der Waals surface area contributed by atoms with Crippen molar-refractivity contribution in [2.75, 3.05) is 7.11 Å². The summed E-state index contributed by atoms with van der Waals surface area (Å²) in [6.07, 6.45) is 5.06. The molecule has 0 atom stereocenters. The first-order valence-corrected chi connectivity index (χ1v) is 8.92. The highest BCUT2D eigenvalue weighted by Gasteiger charge is 2.20. The van der Waals surface area contributed by atoms with Crippen molar-refractivity contribution in [2.45, 2.75) is 26.4 Å². The summed E-state index contributed by atoms with van der Waals surface area (Å²) in [4.78, 5) is 37.9. The van der Waals surface area contributed by atoms with E-state index in [0.29, 0.717) is 12.6 Å². The van der Waals surface area contributed by atoms with Gasteiger partial charge in [0.2, 0.25) is 5.43 Å². The number of hydrogen-bond acceptors (Lipinski definition) is 4. The molecule has 0 saturated heterocycles. The standard InChI is InChI=1S/C20H19F2N3O4/c1-3-6-24-7-8-25-11-14(17(26)18(29-2)16(25)20(24)28)19(27)23-10-12-4-5-13(21)9-15(12)22/h4-5,7-9,11H,3,6,10H2,1-2H3,(H,23,27). The number of aryl methyl sites for hydroxylation is 1. The quantitative estimate of drug-likeness (QED) is 0.683. The fourth-order valence-electron chi connectivity index (χ4n) is 2.99. The number of pyridine rings is 1. The van der Waals surface area contributed by atoms with Crippen molar-refractivity contribution in [3.8, 4) is 5.75 Å². The minimum atomic E-state index is -0.811. The van der Waals surface area contributed by atoms with Gasteiger partial charge in [0, 0.05) is 43.3 Å². The summed E-state index contributed by atoms with van der Waals surface area (Å²) in [5.74, 6) is -2.57. The summed E-state index contributed by atoms with van der Waals surface area (Å²) in [6, 6.07) is 2.98. The Balaban J connectivity index is 2.00. The molecule has 1 N–H and O–H groups in total. The topological polar surface area (TPSA) is 81.8 Å². The molecule has 0 aliphatic rings. The van der Waals surface area contributed by atoms with Gasteiger partial charge in [0.25, 0.3) is 11.5 Å². The van der Waals surface area contributed by atoms with Crippen molar-refractivity contribution in [1.82, 2.24) is 14.3 Å². The summed E-state index contributed by atoms with van der Waals surface area (Å²) in [6.45, 7) is 2.14. The summed E-state index contributed by atoms with van der Waals surface area (Å²) in [5, 5.41) is 2.43. The van der Waals surface area contributed by atoms with Crippen molar-refractivity contribution in [1.29, 1.82) is 0 Å². The Kier molecular flexibility index (Phi) is 5.76. The molecule has 1 amide bonds. The molecule has 2 heterocycles. The summed E-state index contributed by atoms with van der Waals surface area (Å²) < 4.78 is 34.7. The molecule has 0 saturated carbocycles. The smallest absolute Gasteiger partial charge is 0.278 e. The van der Waals surface area contributed by atoms with Crippen molar-refractivity contribution >= 4 is 11.4 Å². The highest BCUT2D eigenvalue weighted by atomic mass is 19.1. The molecule has 0 bridgehead atoms. The number of hydrogen-bond donors (Lipinski definition) is 1. The maximum absolute atomic E-state index is 13.7. The zero-order valence-electron chi connectivity index (χ0n) is 15.9. The van der Waals surface area contributed by atoms with Crippen molar-refractivity contribution in [3.05, 3.63) is 80.1 Å². The third-order valence-corrected chi connectivity index (χ3v) is 4.43. The average molecular weight is 403 g/mol. The molecule has 152 valence electrons. The van der Waals surface area contributed by atoms with Crippen LogP contribution in [0.3, 0.4) is 0 Å². The molecular weight excluding hydrogens is 384 g/mol. The van der Waals surface area contributed by atoms with Gasteiger partial charge in [0.15, 0.2) is 11.3 Å². The number of fused-ring (bicyclic) bond motifs is 1. The van der Waals surface area contributed by atoms with E-state index >= 15 is 0 Å². The van der Waals surface area contributed by atoms with Crippen LogP contribution in [0.1, 0.15) is 29.3 Å². The molecule has 1 aromatic carbocycles. The Morgan fingerprint density at radius 2 is 1.97 bits per heavy atom. The van der Waals surface area contributed by atoms with Gasteiger partial charge in [0.05, 0.1) is 7.11 Å². The number of rotatable bonds is 6. The molecule has 0 unspecified atom stereocenters. The van der Waals surface area contributed by atoms with Gasteiger partial charge in [0.1, 0.15) is 17.2 Å². The summed E-state index contributed by atoms with van der Waals surface area (Å²) >= 11 is 0. The highest BCUT2D eigenvalue weighted by molar-refractivity contribution is 5.94. The van der Waals surface area contributed by atoms with Crippen molar-refractivity contribution in [3.63, 3.8) is 0 Å². The second kappa shape index (κ2) is 8.26. The Morgan fingerprint density at radius 1 is 1.21 bits per heavy atom. The van der Waals surface area contributed by atoms with E-state index in [-0.39, 0.29) is 28.9 Å². The molecule has 0 aliphatic carbocycles. The molecule has 0 spiro atoms. The van der Waals surface area contributed by atoms with Gasteiger partial charge in [-0.25, -0.2) is 8.78 Å². The lowest BCUT2D eigenvalue weighted by Gasteiger charge is -2.12. The van der Waals surface area contributed by atoms with Crippen LogP contribution in [0.15, 0.2) is 46.4 Å². The van der Waals surface area contributed by atoms with Crippen LogP contribution in [-0.4, -0.2) is 22.0 Å². The van der Waals surface area contributed by atoms with Crippen molar-refractivity contribution in [2.24, 2.45) is 0 Å². The second-order valence-corrected chi connectivity index (χ2v) is 6.38. The van der Waals surface area contributed by atoms with Gasteiger partial charge >= 0.3 is 0 Å². The normalized spacial score (nSPS) is 10.9. The molecule has 3 aromatic rings. The van der Waals surface area contributed by atoms with E-state index in [1.54, 1.807) is 12.4 Å². The molecule has 2 aromatic heterocycles. The van der Waals surface area contributed by atoms with E-state index in [4.69, 9.17) is 4.74 Å². The van der Waals surface area contributed by atoms with Gasteiger partial charge in [-0.05, 0) is 12.5 Å². The number of halogens is 2. The molecule has 0 aliphatic heterocycles. The molecule has 3 rings (SSSR count). The summed E-state index contributed by atoms with van der Waals surface area (Å²) in [7, 11) is 1.24. The van der Waals surface area contributed by atoms with Crippen LogP contribution >= 0.6 is 0 Å². The molecule has 0 radical (unpaired) electrons. The lowest BCUT2D eigenvalue weighted by atomic mass is 10.2. The Hall–Kier alpha value is -3.49. The molecule has 29 heavy (non-hydrogen) atoms. The number of methoxy groups -OCH3 is 1. The van der Waals surface area contributed by atoms with Crippen LogP contribution in [0.5, 0.6) is 5.75 Å². The van der Waals surface area contributed by atoms with E-state index in [1.807, 2.05) is 6.92 Å². The fourth-order valence-corrected chi connectivity index (χ4v) is 2.99. The predicted molar refractivity (Wildman–Crippen MR) is 102 cm³/mol. The number of aromatic nitrogens is 2. The summed E-state index contributed by atoms with van der Waals surface area (Å²) in [5.41, 5.74) is -1.35. The van der Waals surface area contributed by atoms with Gasteiger partial charge in [-0.2, -0.15) is 0 Å². The Bertz CT molecular complexity index is 1200. The Labute approximate surface area is 164 Å².